The highest BCUT2D eigenvalue weighted by molar-refractivity contribution is 5.27. The fourth-order valence-corrected chi connectivity index (χ4v) is 1.83. The summed E-state index contributed by atoms with van der Waals surface area (Å²) in [5, 5.41) is 7.60. The van der Waals surface area contributed by atoms with E-state index in [0.717, 1.165) is 25.5 Å². The lowest BCUT2D eigenvalue weighted by Gasteiger charge is -2.15. The normalized spacial score (nSPS) is 12.6. The Balaban J connectivity index is 1.93. The third kappa shape index (κ3) is 3.09. The van der Waals surface area contributed by atoms with Gasteiger partial charge in [0.2, 0.25) is 5.95 Å². The second-order valence-corrected chi connectivity index (χ2v) is 4.22. The summed E-state index contributed by atoms with van der Waals surface area (Å²) in [7, 11) is 0. The second-order valence-electron chi connectivity index (χ2n) is 4.22. The standard InChI is InChI=1S/C12H19N5/c1-3-7-16-9-6-13-12(16)15-11(2)10-17-8-4-5-14-17/h4-6,8-9,11H,3,7,10H2,1-2H3,(H,13,15). The predicted molar refractivity (Wildman–Crippen MR) is 67.8 cm³/mol. The van der Waals surface area contributed by atoms with Crippen LogP contribution in [0.15, 0.2) is 30.9 Å². The van der Waals surface area contributed by atoms with Crippen molar-refractivity contribution in [2.75, 3.05) is 5.32 Å². The topological polar surface area (TPSA) is 47.7 Å². The molecule has 0 aliphatic carbocycles. The molecule has 0 spiro atoms. The fourth-order valence-electron chi connectivity index (χ4n) is 1.83. The Bertz CT molecular complexity index is 431. The van der Waals surface area contributed by atoms with E-state index in [1.165, 1.54) is 0 Å². The van der Waals surface area contributed by atoms with Gasteiger partial charge in [-0.2, -0.15) is 5.10 Å². The number of nitrogens with zero attached hydrogens (tertiary/aromatic N) is 4. The van der Waals surface area contributed by atoms with E-state index in [1.807, 2.05) is 29.3 Å². The molecule has 92 valence electrons. The maximum absolute atomic E-state index is 4.33. The van der Waals surface area contributed by atoms with E-state index in [2.05, 4.69) is 33.8 Å². The van der Waals surface area contributed by atoms with Gasteiger partial charge >= 0.3 is 0 Å². The van der Waals surface area contributed by atoms with Crippen LogP contribution in [0.4, 0.5) is 5.95 Å². The van der Waals surface area contributed by atoms with E-state index < -0.39 is 0 Å². The summed E-state index contributed by atoms with van der Waals surface area (Å²) in [6.07, 6.45) is 8.71. The van der Waals surface area contributed by atoms with Crippen LogP contribution >= 0.6 is 0 Å². The van der Waals surface area contributed by atoms with E-state index in [9.17, 15) is 0 Å². The molecule has 17 heavy (non-hydrogen) atoms. The maximum Gasteiger partial charge on any atom is 0.203 e. The highest BCUT2D eigenvalue weighted by Gasteiger charge is 2.07. The number of aryl methyl sites for hydroxylation is 1. The van der Waals surface area contributed by atoms with Crippen molar-refractivity contribution < 1.29 is 0 Å². The lowest BCUT2D eigenvalue weighted by Crippen LogP contribution is -2.24. The molecule has 1 atom stereocenters. The quantitative estimate of drug-likeness (QED) is 0.830. The molecular formula is C12H19N5. The Morgan fingerprint density at radius 3 is 2.94 bits per heavy atom. The number of anilines is 1. The van der Waals surface area contributed by atoms with Gasteiger partial charge in [-0.1, -0.05) is 6.92 Å². The van der Waals surface area contributed by atoms with Gasteiger partial charge in [-0.15, -0.1) is 0 Å². The van der Waals surface area contributed by atoms with Gasteiger partial charge in [0.1, 0.15) is 0 Å². The molecule has 5 nitrogen and oxygen atoms in total. The van der Waals surface area contributed by atoms with E-state index in [-0.39, 0.29) is 0 Å². The van der Waals surface area contributed by atoms with Crippen LogP contribution in [0.5, 0.6) is 0 Å². The molecule has 0 fully saturated rings. The first-order chi connectivity index (χ1) is 8.29. The Kier molecular flexibility index (Phi) is 3.80. The minimum Gasteiger partial charge on any atom is -0.351 e. The van der Waals surface area contributed by atoms with E-state index in [0.29, 0.717) is 6.04 Å². The summed E-state index contributed by atoms with van der Waals surface area (Å²) in [4.78, 5) is 4.33. The molecule has 0 bridgehead atoms. The van der Waals surface area contributed by atoms with Crippen molar-refractivity contribution in [3.05, 3.63) is 30.9 Å². The molecule has 1 unspecified atom stereocenters. The molecule has 0 aromatic carbocycles. The van der Waals surface area contributed by atoms with Crippen LogP contribution in [0.3, 0.4) is 0 Å². The number of nitrogens with one attached hydrogen (secondary N) is 1. The number of hydrogen-bond donors (Lipinski definition) is 1. The molecule has 0 aliphatic heterocycles. The van der Waals surface area contributed by atoms with Gasteiger partial charge in [0, 0.05) is 37.4 Å². The summed E-state index contributed by atoms with van der Waals surface area (Å²) in [6.45, 7) is 6.13. The van der Waals surface area contributed by atoms with Gasteiger partial charge in [0.15, 0.2) is 0 Å². The fraction of sp³-hybridized carbons (Fsp3) is 0.500. The summed E-state index contributed by atoms with van der Waals surface area (Å²) in [5.74, 6) is 0.937. The van der Waals surface area contributed by atoms with Gasteiger partial charge in [0.25, 0.3) is 0 Å². The summed E-state index contributed by atoms with van der Waals surface area (Å²) < 4.78 is 4.06. The Labute approximate surface area is 101 Å². The lowest BCUT2D eigenvalue weighted by atomic mass is 10.3. The Morgan fingerprint density at radius 1 is 1.35 bits per heavy atom. The average Bonchev–Trinajstić information content (AvgIpc) is 2.92. The van der Waals surface area contributed by atoms with Crippen LogP contribution in [-0.4, -0.2) is 25.4 Å². The van der Waals surface area contributed by atoms with E-state index in [4.69, 9.17) is 0 Å². The van der Waals surface area contributed by atoms with Crippen molar-refractivity contribution in [1.29, 1.82) is 0 Å². The SMILES string of the molecule is CCCn1ccnc1NC(C)Cn1cccn1. The highest BCUT2D eigenvalue weighted by atomic mass is 15.3. The van der Waals surface area contributed by atoms with Crippen molar-refractivity contribution in [3.8, 4) is 0 Å². The summed E-state index contributed by atoms with van der Waals surface area (Å²) in [6, 6.07) is 2.23. The van der Waals surface area contributed by atoms with Crippen molar-refractivity contribution >= 4 is 5.95 Å². The van der Waals surface area contributed by atoms with Crippen LogP contribution in [0.1, 0.15) is 20.3 Å². The minimum absolute atomic E-state index is 0.299. The zero-order valence-electron chi connectivity index (χ0n) is 10.4. The Hall–Kier alpha value is -1.78. The molecule has 0 saturated carbocycles. The van der Waals surface area contributed by atoms with Crippen LogP contribution in [-0.2, 0) is 13.1 Å². The predicted octanol–water partition coefficient (Wildman–Crippen LogP) is 1.99. The molecule has 2 rings (SSSR count). The minimum atomic E-state index is 0.299. The zero-order chi connectivity index (χ0) is 12.1. The molecular weight excluding hydrogens is 214 g/mol. The van der Waals surface area contributed by atoms with Crippen LogP contribution in [0.2, 0.25) is 0 Å². The van der Waals surface area contributed by atoms with Crippen molar-refractivity contribution in [1.82, 2.24) is 19.3 Å². The molecule has 0 radical (unpaired) electrons. The van der Waals surface area contributed by atoms with E-state index in [1.54, 1.807) is 6.20 Å². The summed E-state index contributed by atoms with van der Waals surface area (Å²) in [5.41, 5.74) is 0. The number of aromatic nitrogens is 4. The van der Waals surface area contributed by atoms with Crippen LogP contribution < -0.4 is 5.32 Å². The van der Waals surface area contributed by atoms with Gasteiger partial charge < -0.3 is 9.88 Å². The van der Waals surface area contributed by atoms with Crippen molar-refractivity contribution in [2.24, 2.45) is 0 Å². The average molecular weight is 233 g/mol. The molecule has 0 amide bonds. The maximum atomic E-state index is 4.33. The first-order valence-corrected chi connectivity index (χ1v) is 6.04. The molecule has 1 N–H and O–H groups in total. The number of rotatable bonds is 6. The molecule has 5 heteroatoms. The zero-order valence-corrected chi connectivity index (χ0v) is 10.4. The lowest BCUT2D eigenvalue weighted by molar-refractivity contribution is 0.553. The van der Waals surface area contributed by atoms with Crippen LogP contribution in [0.25, 0.3) is 0 Å². The first-order valence-electron chi connectivity index (χ1n) is 6.04. The van der Waals surface area contributed by atoms with Gasteiger partial charge in [0.05, 0.1) is 6.54 Å². The largest absolute Gasteiger partial charge is 0.351 e. The van der Waals surface area contributed by atoms with Gasteiger partial charge in [-0.25, -0.2) is 4.98 Å². The Morgan fingerprint density at radius 2 is 2.24 bits per heavy atom. The van der Waals surface area contributed by atoms with Crippen molar-refractivity contribution in [3.63, 3.8) is 0 Å². The smallest absolute Gasteiger partial charge is 0.203 e. The molecule has 2 heterocycles. The molecule has 0 saturated heterocycles. The van der Waals surface area contributed by atoms with Crippen molar-refractivity contribution in [2.45, 2.75) is 39.4 Å². The van der Waals surface area contributed by atoms with Crippen LogP contribution in [0, 0.1) is 0 Å². The molecule has 0 aliphatic rings. The van der Waals surface area contributed by atoms with E-state index >= 15 is 0 Å². The number of hydrogen-bond acceptors (Lipinski definition) is 3. The van der Waals surface area contributed by atoms with Gasteiger partial charge in [-0.05, 0) is 19.4 Å². The molecule has 2 aromatic rings. The second kappa shape index (κ2) is 5.52. The third-order valence-electron chi connectivity index (χ3n) is 2.58. The third-order valence-corrected chi connectivity index (χ3v) is 2.58. The highest BCUT2D eigenvalue weighted by Crippen LogP contribution is 2.07. The number of imidazole rings is 1. The summed E-state index contributed by atoms with van der Waals surface area (Å²) >= 11 is 0. The van der Waals surface area contributed by atoms with Gasteiger partial charge in [-0.3, -0.25) is 4.68 Å². The molecule has 2 aromatic heterocycles. The first kappa shape index (κ1) is 11.7. The monoisotopic (exact) mass is 233 g/mol.